The first kappa shape index (κ1) is 17.1. The summed E-state index contributed by atoms with van der Waals surface area (Å²) < 4.78 is 14.1. The van der Waals surface area contributed by atoms with E-state index in [0.717, 1.165) is 37.4 Å². The number of nitrogens with zero attached hydrogens (tertiary/aromatic N) is 3. The molecule has 1 N–H and O–H groups in total. The monoisotopic (exact) mass is 348 g/mol. The highest BCUT2D eigenvalue weighted by Gasteiger charge is 2.19. The van der Waals surface area contributed by atoms with Gasteiger partial charge in [-0.05, 0) is 38.4 Å². The van der Waals surface area contributed by atoms with E-state index in [0.29, 0.717) is 29.6 Å². The Hall–Kier alpha value is -1.72. The first-order valence-corrected chi connectivity index (χ1v) is 8.77. The Labute approximate surface area is 147 Å². The van der Waals surface area contributed by atoms with Gasteiger partial charge in [0.1, 0.15) is 18.0 Å². The van der Waals surface area contributed by atoms with E-state index >= 15 is 0 Å². The quantitative estimate of drug-likeness (QED) is 0.893. The van der Waals surface area contributed by atoms with E-state index in [1.165, 1.54) is 6.07 Å². The van der Waals surface area contributed by atoms with E-state index in [1.54, 1.807) is 18.5 Å². The molecule has 128 valence electrons. The van der Waals surface area contributed by atoms with Gasteiger partial charge in [0.25, 0.3) is 0 Å². The molecule has 0 unspecified atom stereocenters. The molecule has 1 saturated heterocycles. The highest BCUT2D eigenvalue weighted by molar-refractivity contribution is 6.31. The predicted molar refractivity (Wildman–Crippen MR) is 95.0 cm³/mol. The summed E-state index contributed by atoms with van der Waals surface area (Å²) in [4.78, 5) is 10.9. The Morgan fingerprint density at radius 1 is 1.38 bits per heavy atom. The minimum Gasteiger partial charge on any atom is -0.352 e. The van der Waals surface area contributed by atoms with Gasteiger partial charge in [-0.2, -0.15) is 0 Å². The number of halogens is 2. The van der Waals surface area contributed by atoms with Crippen LogP contribution in [0, 0.1) is 5.82 Å². The largest absolute Gasteiger partial charge is 0.352 e. The Morgan fingerprint density at radius 3 is 2.96 bits per heavy atom. The third-order valence-corrected chi connectivity index (χ3v) is 4.86. The highest BCUT2D eigenvalue weighted by atomic mass is 35.5. The molecule has 0 radical (unpaired) electrons. The molecular weight excluding hydrogens is 327 g/mol. The first-order chi connectivity index (χ1) is 11.7. The molecule has 6 heteroatoms. The Balaban J connectivity index is 1.83. The Kier molecular flexibility index (Phi) is 5.63. The minimum absolute atomic E-state index is 0.285. The van der Waals surface area contributed by atoms with Gasteiger partial charge in [0.15, 0.2) is 0 Å². The van der Waals surface area contributed by atoms with E-state index < -0.39 is 0 Å². The fraction of sp³-hybridized carbons (Fsp3) is 0.444. The maximum atomic E-state index is 14.1. The molecule has 0 saturated carbocycles. The molecule has 3 rings (SSSR count). The maximum Gasteiger partial charge on any atom is 0.132 e. The number of rotatable bonds is 5. The van der Waals surface area contributed by atoms with Crippen molar-refractivity contribution in [2.24, 2.45) is 0 Å². The number of piperidine rings is 1. The maximum absolute atomic E-state index is 14.1. The standard InChI is InChI=1S/C18H22ClFN4/c1-2-24(11-14-15(19)6-3-7-16(14)20)18-9-17(22-12-23-18)13-5-4-8-21-10-13/h3,6-7,9,12-13,21H,2,4-5,8,10-11H2,1H3/t13-/m0/s1. The lowest BCUT2D eigenvalue weighted by Crippen LogP contribution is -2.29. The second-order valence-corrected chi connectivity index (χ2v) is 6.47. The summed E-state index contributed by atoms with van der Waals surface area (Å²) in [6, 6.07) is 6.80. The minimum atomic E-state index is -0.285. The predicted octanol–water partition coefficient (Wildman–Crippen LogP) is 3.76. The van der Waals surface area contributed by atoms with Crippen molar-refractivity contribution in [2.75, 3.05) is 24.5 Å². The molecule has 0 aliphatic carbocycles. The zero-order chi connectivity index (χ0) is 16.9. The highest BCUT2D eigenvalue weighted by Crippen LogP contribution is 2.26. The van der Waals surface area contributed by atoms with Crippen molar-refractivity contribution < 1.29 is 4.39 Å². The van der Waals surface area contributed by atoms with Crippen molar-refractivity contribution in [3.63, 3.8) is 0 Å². The fourth-order valence-electron chi connectivity index (χ4n) is 3.09. The van der Waals surface area contributed by atoms with Crippen LogP contribution in [0.15, 0.2) is 30.6 Å². The van der Waals surface area contributed by atoms with Gasteiger partial charge in [-0.15, -0.1) is 0 Å². The van der Waals surface area contributed by atoms with Crippen molar-refractivity contribution in [3.8, 4) is 0 Å². The zero-order valence-corrected chi connectivity index (χ0v) is 14.6. The fourth-order valence-corrected chi connectivity index (χ4v) is 3.31. The molecule has 1 aromatic heterocycles. The lowest BCUT2D eigenvalue weighted by atomic mass is 9.96. The second kappa shape index (κ2) is 7.90. The van der Waals surface area contributed by atoms with Crippen LogP contribution in [-0.2, 0) is 6.54 Å². The average molecular weight is 349 g/mol. The lowest BCUT2D eigenvalue weighted by Gasteiger charge is -2.25. The number of benzene rings is 1. The van der Waals surface area contributed by atoms with Crippen LogP contribution < -0.4 is 10.2 Å². The zero-order valence-electron chi connectivity index (χ0n) is 13.8. The van der Waals surface area contributed by atoms with Crippen LogP contribution in [0.5, 0.6) is 0 Å². The Bertz CT molecular complexity index is 668. The van der Waals surface area contributed by atoms with Gasteiger partial charge in [0, 0.05) is 42.2 Å². The van der Waals surface area contributed by atoms with Crippen LogP contribution >= 0.6 is 11.6 Å². The van der Waals surface area contributed by atoms with E-state index in [-0.39, 0.29) is 5.82 Å². The van der Waals surface area contributed by atoms with E-state index in [9.17, 15) is 4.39 Å². The van der Waals surface area contributed by atoms with Crippen LogP contribution in [-0.4, -0.2) is 29.6 Å². The van der Waals surface area contributed by atoms with Gasteiger partial charge in [-0.3, -0.25) is 0 Å². The molecule has 4 nitrogen and oxygen atoms in total. The topological polar surface area (TPSA) is 41.0 Å². The summed E-state index contributed by atoms with van der Waals surface area (Å²) >= 11 is 6.16. The summed E-state index contributed by atoms with van der Waals surface area (Å²) in [5, 5.41) is 3.85. The van der Waals surface area contributed by atoms with E-state index in [1.807, 2.05) is 17.9 Å². The first-order valence-electron chi connectivity index (χ1n) is 8.39. The summed E-state index contributed by atoms with van der Waals surface area (Å²) in [6.45, 7) is 5.15. The summed E-state index contributed by atoms with van der Waals surface area (Å²) in [7, 11) is 0. The molecule has 0 bridgehead atoms. The van der Waals surface area contributed by atoms with Crippen LogP contribution in [0.2, 0.25) is 5.02 Å². The second-order valence-electron chi connectivity index (χ2n) is 6.06. The molecule has 2 aromatic rings. The molecule has 1 aromatic carbocycles. The molecule has 1 aliphatic heterocycles. The van der Waals surface area contributed by atoms with Crippen LogP contribution in [0.3, 0.4) is 0 Å². The summed E-state index contributed by atoms with van der Waals surface area (Å²) in [5.74, 6) is 0.940. The lowest BCUT2D eigenvalue weighted by molar-refractivity contribution is 0.454. The van der Waals surface area contributed by atoms with Gasteiger partial charge in [0.2, 0.25) is 0 Å². The van der Waals surface area contributed by atoms with Crippen LogP contribution in [0.25, 0.3) is 0 Å². The van der Waals surface area contributed by atoms with Crippen LogP contribution in [0.1, 0.15) is 36.9 Å². The van der Waals surface area contributed by atoms with Crippen molar-refractivity contribution in [2.45, 2.75) is 32.2 Å². The molecule has 0 amide bonds. The van der Waals surface area contributed by atoms with Gasteiger partial charge in [0.05, 0.1) is 5.69 Å². The molecule has 2 heterocycles. The SMILES string of the molecule is CCN(Cc1c(F)cccc1Cl)c1cc([C@H]2CCCNC2)ncn1. The van der Waals surface area contributed by atoms with E-state index in [4.69, 9.17) is 11.6 Å². The molecule has 1 aliphatic rings. The number of hydrogen-bond acceptors (Lipinski definition) is 4. The normalized spacial score (nSPS) is 17.7. The number of anilines is 1. The van der Waals surface area contributed by atoms with Crippen molar-refractivity contribution >= 4 is 17.4 Å². The number of aromatic nitrogens is 2. The number of nitrogens with one attached hydrogen (secondary N) is 1. The molecule has 1 fully saturated rings. The average Bonchev–Trinajstić information content (AvgIpc) is 2.62. The van der Waals surface area contributed by atoms with Gasteiger partial charge in [-0.25, -0.2) is 14.4 Å². The van der Waals surface area contributed by atoms with Crippen molar-refractivity contribution in [1.82, 2.24) is 15.3 Å². The third-order valence-electron chi connectivity index (χ3n) is 4.51. The summed E-state index contributed by atoms with van der Waals surface area (Å²) in [6.07, 6.45) is 3.89. The summed E-state index contributed by atoms with van der Waals surface area (Å²) in [5.41, 5.74) is 1.55. The van der Waals surface area contributed by atoms with Crippen LogP contribution in [0.4, 0.5) is 10.2 Å². The third kappa shape index (κ3) is 3.84. The van der Waals surface area contributed by atoms with Gasteiger partial charge in [-0.1, -0.05) is 17.7 Å². The molecule has 0 spiro atoms. The molecule has 1 atom stereocenters. The molecule has 24 heavy (non-hydrogen) atoms. The van der Waals surface area contributed by atoms with Gasteiger partial charge < -0.3 is 10.2 Å². The van der Waals surface area contributed by atoms with Crippen molar-refractivity contribution in [3.05, 3.63) is 52.7 Å². The Morgan fingerprint density at radius 2 is 2.25 bits per heavy atom. The smallest absolute Gasteiger partial charge is 0.132 e. The van der Waals surface area contributed by atoms with E-state index in [2.05, 4.69) is 15.3 Å². The molecular formula is C18H22ClFN4. The number of hydrogen-bond donors (Lipinski definition) is 1. The van der Waals surface area contributed by atoms with Gasteiger partial charge >= 0.3 is 0 Å². The van der Waals surface area contributed by atoms with Crippen molar-refractivity contribution in [1.29, 1.82) is 0 Å².